The number of likely N-dealkylation sites (N-methyl/N-ethyl adjacent to an activating group) is 1. The molecule has 2 aliphatic heterocycles. The molecule has 0 spiro atoms. The first-order valence-electron chi connectivity index (χ1n) is 16.9. The minimum atomic E-state index is -1.05. The molecule has 0 radical (unpaired) electrons. The summed E-state index contributed by atoms with van der Waals surface area (Å²) in [5.41, 5.74) is 1.55. The summed E-state index contributed by atoms with van der Waals surface area (Å²) in [5.74, 6) is -0.555. The van der Waals surface area contributed by atoms with Crippen LogP contribution >= 0.6 is 0 Å². The molecular weight excluding hydrogens is 610 g/mol. The van der Waals surface area contributed by atoms with Crippen molar-refractivity contribution in [2.24, 2.45) is 11.8 Å². The van der Waals surface area contributed by atoms with E-state index in [4.69, 9.17) is 9.47 Å². The van der Waals surface area contributed by atoms with Crippen LogP contribution in [0.1, 0.15) is 58.1 Å². The summed E-state index contributed by atoms with van der Waals surface area (Å²) in [6.45, 7) is 8.13. The number of nitrogens with one attached hydrogen (secondary N) is 3. The monoisotopic (exact) mass is 661 g/mol. The Bertz CT molecular complexity index is 1460. The molecule has 11 nitrogen and oxygen atoms in total. The first-order chi connectivity index (χ1) is 23.0. The molecule has 0 aliphatic carbocycles. The highest BCUT2D eigenvalue weighted by molar-refractivity contribution is 5.96. The van der Waals surface area contributed by atoms with Crippen LogP contribution in [0.2, 0.25) is 0 Å². The average Bonchev–Trinajstić information content (AvgIpc) is 3.49. The van der Waals surface area contributed by atoms with E-state index in [9.17, 15) is 19.2 Å². The summed E-state index contributed by atoms with van der Waals surface area (Å²) in [5, 5.41) is 8.80. The molecule has 2 aliphatic rings. The minimum Gasteiger partial charge on any atom is -0.496 e. The number of fused-ring (bicyclic) bond motifs is 3. The smallest absolute Gasteiger partial charge is 0.247 e. The maximum Gasteiger partial charge on any atom is 0.247 e. The van der Waals surface area contributed by atoms with Crippen molar-refractivity contribution in [1.82, 2.24) is 25.8 Å². The van der Waals surface area contributed by atoms with Crippen LogP contribution in [0.15, 0.2) is 54.7 Å². The molecule has 2 bridgehead atoms. The fourth-order valence-electron chi connectivity index (χ4n) is 6.51. The number of nitrogens with zero attached hydrogens (tertiary/aromatic N) is 2. The number of hydrogen-bond donors (Lipinski definition) is 3. The molecule has 2 aromatic carbocycles. The van der Waals surface area contributed by atoms with Crippen molar-refractivity contribution in [3.8, 4) is 11.5 Å². The normalized spacial score (nSPS) is 22.7. The zero-order valence-electron chi connectivity index (χ0n) is 29.2. The minimum absolute atomic E-state index is 0.0470. The maximum absolute atomic E-state index is 14.6. The summed E-state index contributed by atoms with van der Waals surface area (Å²) in [6.07, 6.45) is 4.58. The second-order valence-electron chi connectivity index (χ2n) is 13.1. The highest BCUT2D eigenvalue weighted by Gasteiger charge is 2.47. The molecule has 0 unspecified atom stereocenters. The lowest BCUT2D eigenvalue weighted by atomic mass is 9.96. The van der Waals surface area contributed by atoms with Crippen molar-refractivity contribution in [2.75, 3.05) is 27.7 Å². The highest BCUT2D eigenvalue weighted by atomic mass is 16.5. The fraction of sp³-hybridized carbons (Fsp3) is 0.514. The summed E-state index contributed by atoms with van der Waals surface area (Å²) < 4.78 is 12.0. The van der Waals surface area contributed by atoms with E-state index >= 15 is 0 Å². The van der Waals surface area contributed by atoms with Crippen LogP contribution in [0.5, 0.6) is 11.5 Å². The van der Waals surface area contributed by atoms with Crippen LogP contribution < -0.4 is 25.4 Å². The standard InChI is InChI=1S/C37H51N5O6/c1-8-23(3)31-34(43)38-19-17-26-22-27(15-16-29(26)47-7)48-30-18-20-42(33(30)36(45)40-31)37(46)28(21-25-13-11-10-12-14-25)39-35(44)32(41(5)6)24(4)9-2/h10-17,19,22-24,28,30-33H,8-9,18,20-21H2,1-7H3,(H,38,43)(H,39,44)(H,40,45)/b19-17+/t23-,24-,28-,30-,31-,32-,33-/m0/s1. The molecule has 4 amide bonds. The van der Waals surface area contributed by atoms with Crippen LogP contribution in [0.4, 0.5) is 0 Å². The van der Waals surface area contributed by atoms with Gasteiger partial charge in [-0.15, -0.1) is 0 Å². The molecule has 48 heavy (non-hydrogen) atoms. The van der Waals surface area contributed by atoms with E-state index in [1.54, 1.807) is 31.4 Å². The quantitative estimate of drug-likeness (QED) is 0.337. The Balaban J connectivity index is 1.73. The molecule has 260 valence electrons. The SMILES string of the molecule is CC[C@H](C)[C@@H]1NC(=O)[C@@H]2[C@H](CCN2C(=O)[C@H](Cc2ccccc2)NC(=O)[C@H]([C@@H](C)CC)N(C)C)Oc2ccc(OC)c(c2)/C=C/NC1=O. The van der Waals surface area contributed by atoms with E-state index in [2.05, 4.69) is 16.0 Å². The van der Waals surface area contributed by atoms with E-state index in [0.717, 1.165) is 12.0 Å². The van der Waals surface area contributed by atoms with Crippen LogP contribution in [0.3, 0.4) is 0 Å². The van der Waals surface area contributed by atoms with Crippen LogP contribution in [-0.4, -0.2) is 91.4 Å². The average molecular weight is 662 g/mol. The Labute approximate surface area is 284 Å². The Morgan fingerprint density at radius 1 is 1.06 bits per heavy atom. The number of rotatable bonds is 11. The van der Waals surface area contributed by atoms with Crippen LogP contribution in [0, 0.1) is 11.8 Å². The van der Waals surface area contributed by atoms with E-state index in [1.165, 1.54) is 11.1 Å². The summed E-state index contributed by atoms with van der Waals surface area (Å²) in [4.78, 5) is 59.4. The van der Waals surface area contributed by atoms with Gasteiger partial charge in [0, 0.05) is 31.1 Å². The number of likely N-dealkylation sites (tertiary alicyclic amines) is 1. The Kier molecular flexibility index (Phi) is 12.6. The van der Waals surface area contributed by atoms with Gasteiger partial charge in [-0.05, 0) is 55.8 Å². The molecule has 7 atom stereocenters. The largest absolute Gasteiger partial charge is 0.496 e. The van der Waals surface area contributed by atoms with E-state index < -0.39 is 36.2 Å². The Morgan fingerprint density at radius 3 is 2.44 bits per heavy atom. The summed E-state index contributed by atoms with van der Waals surface area (Å²) in [6, 6.07) is 11.5. The van der Waals surface area contributed by atoms with Crippen LogP contribution in [0.25, 0.3) is 6.08 Å². The lowest BCUT2D eigenvalue weighted by molar-refractivity contribution is -0.144. The molecule has 1 fully saturated rings. The fourth-order valence-corrected chi connectivity index (χ4v) is 6.51. The number of carbonyl (C=O) groups excluding carboxylic acids is 4. The summed E-state index contributed by atoms with van der Waals surface area (Å²) >= 11 is 0. The molecule has 2 heterocycles. The molecule has 1 saturated heterocycles. The van der Waals surface area contributed by atoms with Crippen LogP contribution in [-0.2, 0) is 25.6 Å². The predicted molar refractivity (Wildman–Crippen MR) is 185 cm³/mol. The highest BCUT2D eigenvalue weighted by Crippen LogP contribution is 2.30. The zero-order valence-corrected chi connectivity index (χ0v) is 29.2. The summed E-state index contributed by atoms with van der Waals surface area (Å²) in [7, 11) is 5.27. The number of carbonyl (C=O) groups is 4. The van der Waals surface area contributed by atoms with Gasteiger partial charge in [0.2, 0.25) is 23.6 Å². The predicted octanol–water partition coefficient (Wildman–Crippen LogP) is 3.38. The van der Waals surface area contributed by atoms with Gasteiger partial charge in [0.1, 0.15) is 35.7 Å². The van der Waals surface area contributed by atoms with Crippen molar-refractivity contribution >= 4 is 29.7 Å². The third kappa shape index (κ3) is 8.55. The number of methoxy groups -OCH3 is 1. The second kappa shape index (κ2) is 16.6. The number of ether oxygens (including phenoxy) is 2. The van der Waals surface area contributed by atoms with Gasteiger partial charge in [-0.2, -0.15) is 0 Å². The van der Waals surface area contributed by atoms with Gasteiger partial charge < -0.3 is 30.3 Å². The lowest BCUT2D eigenvalue weighted by Gasteiger charge is -2.34. The molecule has 3 N–H and O–H groups in total. The van der Waals surface area contributed by atoms with E-state index in [1.807, 2.05) is 77.0 Å². The molecule has 2 aromatic rings. The van der Waals surface area contributed by atoms with Crippen molar-refractivity contribution in [3.05, 3.63) is 65.9 Å². The molecular formula is C37H51N5O6. The molecule has 0 saturated carbocycles. The van der Waals surface area contributed by atoms with Gasteiger partial charge in [0.05, 0.1) is 13.2 Å². The van der Waals surface area contributed by atoms with Gasteiger partial charge in [-0.25, -0.2) is 0 Å². The Hall–Kier alpha value is -4.38. The first kappa shape index (κ1) is 36.5. The van der Waals surface area contributed by atoms with E-state index in [0.29, 0.717) is 29.9 Å². The maximum atomic E-state index is 14.6. The molecule has 0 aromatic heterocycles. The van der Waals surface area contributed by atoms with Crippen molar-refractivity contribution in [2.45, 2.75) is 83.6 Å². The van der Waals surface area contributed by atoms with Crippen molar-refractivity contribution in [1.29, 1.82) is 0 Å². The third-order valence-corrected chi connectivity index (χ3v) is 9.57. The van der Waals surface area contributed by atoms with Crippen molar-refractivity contribution in [3.63, 3.8) is 0 Å². The molecule has 4 rings (SSSR count). The van der Waals surface area contributed by atoms with Gasteiger partial charge in [0.15, 0.2) is 0 Å². The number of amides is 4. The van der Waals surface area contributed by atoms with Gasteiger partial charge in [0.25, 0.3) is 0 Å². The number of hydrogen-bond acceptors (Lipinski definition) is 7. The number of benzene rings is 2. The topological polar surface area (TPSA) is 129 Å². The van der Waals surface area contributed by atoms with Gasteiger partial charge in [-0.3, -0.25) is 24.1 Å². The third-order valence-electron chi connectivity index (χ3n) is 9.57. The van der Waals surface area contributed by atoms with Crippen molar-refractivity contribution < 1.29 is 28.7 Å². The van der Waals surface area contributed by atoms with Gasteiger partial charge in [-0.1, -0.05) is 70.9 Å². The van der Waals surface area contributed by atoms with Gasteiger partial charge >= 0.3 is 0 Å². The van der Waals surface area contributed by atoms with E-state index in [-0.39, 0.29) is 42.5 Å². The lowest BCUT2D eigenvalue weighted by Crippen LogP contribution is -2.61. The second-order valence-corrected chi connectivity index (χ2v) is 13.1. The molecule has 11 heteroatoms. The first-order valence-corrected chi connectivity index (χ1v) is 16.9. The zero-order chi connectivity index (χ0) is 35.0. The Morgan fingerprint density at radius 2 is 1.79 bits per heavy atom.